The number of hydrogen-bond donors (Lipinski definition) is 1. The molecular formula is C26H35F2N7O3. The monoisotopic (exact) mass is 531 g/mol. The number of urea groups is 1. The lowest BCUT2D eigenvalue weighted by atomic mass is 9.91. The van der Waals surface area contributed by atoms with Gasteiger partial charge in [-0.2, -0.15) is 0 Å². The maximum absolute atomic E-state index is 14.6. The Morgan fingerprint density at radius 1 is 1.24 bits per heavy atom. The molecule has 206 valence electrons. The van der Waals surface area contributed by atoms with Gasteiger partial charge < -0.3 is 19.9 Å². The first-order valence-electron chi connectivity index (χ1n) is 13.3. The highest BCUT2D eigenvalue weighted by molar-refractivity contribution is 5.77. The first kappa shape index (κ1) is 26.3. The van der Waals surface area contributed by atoms with Crippen LogP contribution in [0.4, 0.5) is 19.3 Å². The number of piperidine rings is 1. The smallest absolute Gasteiger partial charge is 0.318 e. The second-order valence-electron chi connectivity index (χ2n) is 10.8. The van der Waals surface area contributed by atoms with Crippen LogP contribution in [-0.4, -0.2) is 75.6 Å². The summed E-state index contributed by atoms with van der Waals surface area (Å²) in [4.78, 5) is 32.6. The van der Waals surface area contributed by atoms with Gasteiger partial charge in [0.2, 0.25) is 0 Å². The number of carbonyl (C=O) groups excluding carboxylic acids is 2. The number of methoxy groups -OCH3 is 1. The molecule has 12 heteroatoms. The highest BCUT2D eigenvalue weighted by atomic mass is 19.3. The van der Waals surface area contributed by atoms with Gasteiger partial charge in [0.15, 0.2) is 0 Å². The van der Waals surface area contributed by atoms with E-state index in [1.807, 2.05) is 6.92 Å². The zero-order valence-corrected chi connectivity index (χ0v) is 22.1. The predicted octanol–water partition coefficient (Wildman–Crippen LogP) is 3.16. The fourth-order valence-electron chi connectivity index (χ4n) is 5.64. The molecule has 2 unspecified atom stereocenters. The average molecular weight is 532 g/mol. The second kappa shape index (κ2) is 10.5. The predicted molar refractivity (Wildman–Crippen MR) is 136 cm³/mol. The van der Waals surface area contributed by atoms with Crippen LogP contribution in [0, 0.1) is 11.8 Å². The number of halogens is 2. The molecule has 0 radical (unpaired) electrons. The number of anilines is 1. The SMILES string of the molecule is CCc1nc(-c2nnn(C)c2CN2CC(CC3CC3)NC2=O)ccc1N1CC(CC(=O)OC)CC(F)(F)C1. The number of pyridine rings is 1. The van der Waals surface area contributed by atoms with Gasteiger partial charge in [0.25, 0.3) is 5.92 Å². The fraction of sp³-hybridized carbons (Fsp3) is 0.654. The van der Waals surface area contributed by atoms with Crippen molar-refractivity contribution in [1.82, 2.24) is 30.2 Å². The molecule has 1 aliphatic carbocycles. The molecule has 2 aliphatic heterocycles. The van der Waals surface area contributed by atoms with Gasteiger partial charge in [0, 0.05) is 32.6 Å². The van der Waals surface area contributed by atoms with Crippen molar-refractivity contribution in [2.75, 3.05) is 31.6 Å². The number of ether oxygens (including phenoxy) is 1. The summed E-state index contributed by atoms with van der Waals surface area (Å²) in [6.45, 7) is 2.81. The van der Waals surface area contributed by atoms with Crippen molar-refractivity contribution in [3.8, 4) is 11.4 Å². The molecule has 0 aromatic carbocycles. The first-order chi connectivity index (χ1) is 18.2. The number of alkyl halides is 2. The van der Waals surface area contributed by atoms with Crippen LogP contribution in [0.15, 0.2) is 12.1 Å². The Balaban J connectivity index is 1.36. The Hall–Kier alpha value is -3.31. The van der Waals surface area contributed by atoms with Crippen LogP contribution in [-0.2, 0) is 29.5 Å². The van der Waals surface area contributed by atoms with E-state index < -0.39 is 24.4 Å². The topological polar surface area (TPSA) is 105 Å². The number of rotatable bonds is 9. The largest absolute Gasteiger partial charge is 0.469 e. The van der Waals surface area contributed by atoms with Gasteiger partial charge in [0.05, 0.1) is 49.4 Å². The molecule has 4 heterocycles. The van der Waals surface area contributed by atoms with E-state index >= 15 is 0 Å². The van der Waals surface area contributed by atoms with Crippen molar-refractivity contribution < 1.29 is 23.1 Å². The Bertz CT molecular complexity index is 1200. The molecule has 0 bridgehead atoms. The zero-order valence-electron chi connectivity index (χ0n) is 22.1. The molecule has 2 aromatic heterocycles. The molecule has 2 saturated heterocycles. The van der Waals surface area contributed by atoms with Gasteiger partial charge in [-0.15, -0.1) is 5.10 Å². The molecule has 2 aromatic rings. The molecule has 1 saturated carbocycles. The number of aryl methyl sites for hydroxylation is 2. The van der Waals surface area contributed by atoms with E-state index in [2.05, 4.69) is 15.6 Å². The molecule has 0 spiro atoms. The highest BCUT2D eigenvalue weighted by Crippen LogP contribution is 2.37. The molecule has 5 rings (SSSR count). The molecule has 3 fully saturated rings. The van der Waals surface area contributed by atoms with E-state index in [4.69, 9.17) is 9.72 Å². The summed E-state index contributed by atoms with van der Waals surface area (Å²) in [5, 5.41) is 11.6. The Morgan fingerprint density at radius 3 is 2.74 bits per heavy atom. The van der Waals surface area contributed by atoms with Crippen LogP contribution in [0.3, 0.4) is 0 Å². The van der Waals surface area contributed by atoms with Gasteiger partial charge >= 0.3 is 12.0 Å². The molecule has 1 N–H and O–H groups in total. The van der Waals surface area contributed by atoms with Crippen LogP contribution >= 0.6 is 0 Å². The van der Waals surface area contributed by atoms with Crippen molar-refractivity contribution in [2.24, 2.45) is 18.9 Å². The summed E-state index contributed by atoms with van der Waals surface area (Å²) in [5.41, 5.74) is 3.20. The summed E-state index contributed by atoms with van der Waals surface area (Å²) >= 11 is 0. The van der Waals surface area contributed by atoms with Crippen LogP contribution in [0.5, 0.6) is 0 Å². The van der Waals surface area contributed by atoms with Crippen molar-refractivity contribution in [2.45, 2.75) is 64.0 Å². The summed E-state index contributed by atoms with van der Waals surface area (Å²) in [5.74, 6) is -3.21. The molecule has 3 aliphatic rings. The second-order valence-corrected chi connectivity index (χ2v) is 10.8. The minimum absolute atomic E-state index is 0.0515. The summed E-state index contributed by atoms with van der Waals surface area (Å²) in [7, 11) is 3.05. The Kier molecular flexibility index (Phi) is 7.23. The lowest BCUT2D eigenvalue weighted by Gasteiger charge is -2.39. The van der Waals surface area contributed by atoms with E-state index in [1.54, 1.807) is 33.7 Å². The Labute approximate surface area is 220 Å². The van der Waals surface area contributed by atoms with Gasteiger partial charge in [0.1, 0.15) is 5.69 Å². The third-order valence-corrected chi connectivity index (χ3v) is 7.69. The number of esters is 1. The molecule has 10 nitrogen and oxygen atoms in total. The number of hydrogen-bond acceptors (Lipinski definition) is 7. The van der Waals surface area contributed by atoms with Gasteiger partial charge in [-0.25, -0.2) is 23.2 Å². The minimum atomic E-state index is -2.92. The van der Waals surface area contributed by atoms with Gasteiger partial charge in [-0.1, -0.05) is 25.0 Å². The van der Waals surface area contributed by atoms with Crippen LogP contribution in [0.2, 0.25) is 0 Å². The maximum Gasteiger partial charge on any atom is 0.318 e. The number of amides is 2. The number of carbonyl (C=O) groups is 2. The molecule has 2 atom stereocenters. The Morgan fingerprint density at radius 2 is 2.03 bits per heavy atom. The highest BCUT2D eigenvalue weighted by Gasteiger charge is 2.42. The van der Waals surface area contributed by atoms with Crippen molar-refractivity contribution in [3.63, 3.8) is 0 Å². The van der Waals surface area contributed by atoms with Crippen molar-refractivity contribution >= 4 is 17.7 Å². The zero-order chi connectivity index (χ0) is 27.0. The standard InChI is InChI=1S/C26H35F2N7O3/c1-4-19-21(35-12-17(10-23(36)38-3)11-26(27,28)15-35)8-7-20(30-19)24-22(33(2)32-31-24)14-34-13-18(29-25(34)37)9-16-5-6-16/h7-8,16-18H,4-6,9-15H2,1-3H3,(H,29,37). The fourth-order valence-corrected chi connectivity index (χ4v) is 5.64. The first-order valence-corrected chi connectivity index (χ1v) is 13.3. The van der Waals surface area contributed by atoms with E-state index in [0.29, 0.717) is 48.8 Å². The summed E-state index contributed by atoms with van der Waals surface area (Å²) in [6, 6.07) is 3.64. The quantitative estimate of drug-likeness (QED) is 0.496. The number of aromatic nitrogens is 4. The number of nitrogens with zero attached hydrogens (tertiary/aromatic N) is 6. The normalized spacial score (nSPS) is 23.0. The van der Waals surface area contributed by atoms with Gasteiger partial charge in [-0.05, 0) is 36.8 Å². The van der Waals surface area contributed by atoms with Crippen LogP contribution in [0.1, 0.15) is 50.4 Å². The van der Waals surface area contributed by atoms with E-state index in [9.17, 15) is 18.4 Å². The molecule has 2 amide bonds. The maximum atomic E-state index is 14.6. The third-order valence-electron chi connectivity index (χ3n) is 7.69. The van der Waals surface area contributed by atoms with Crippen LogP contribution < -0.4 is 10.2 Å². The summed E-state index contributed by atoms with van der Waals surface area (Å²) < 4.78 is 35.6. The van der Waals surface area contributed by atoms with E-state index in [0.717, 1.165) is 18.0 Å². The van der Waals surface area contributed by atoms with E-state index in [-0.39, 0.29) is 24.9 Å². The van der Waals surface area contributed by atoms with E-state index in [1.165, 1.54) is 20.0 Å². The van der Waals surface area contributed by atoms with Crippen LogP contribution in [0.25, 0.3) is 11.4 Å². The lowest BCUT2D eigenvalue weighted by Crippen LogP contribution is -2.48. The minimum Gasteiger partial charge on any atom is -0.469 e. The van der Waals surface area contributed by atoms with Gasteiger partial charge in [-0.3, -0.25) is 4.79 Å². The lowest BCUT2D eigenvalue weighted by molar-refractivity contribution is -0.142. The number of nitrogens with one attached hydrogen (secondary N) is 1. The van der Waals surface area contributed by atoms with Crippen molar-refractivity contribution in [1.29, 1.82) is 0 Å². The average Bonchev–Trinajstić information content (AvgIpc) is 3.52. The molecular weight excluding hydrogens is 496 g/mol. The third kappa shape index (κ3) is 5.73. The molecule has 38 heavy (non-hydrogen) atoms. The van der Waals surface area contributed by atoms with Crippen molar-refractivity contribution in [3.05, 3.63) is 23.5 Å². The summed E-state index contributed by atoms with van der Waals surface area (Å²) in [6.07, 6.45) is 3.62.